The van der Waals surface area contributed by atoms with Gasteiger partial charge in [0.1, 0.15) is 0 Å². The fraction of sp³-hybridized carbons (Fsp3) is 0.314. The first kappa shape index (κ1) is 23.5. The third kappa shape index (κ3) is 3.84. The first-order valence-electron chi connectivity index (χ1n) is 14.3. The number of hydrogen-bond donors (Lipinski definition) is 2. The van der Waals surface area contributed by atoms with Crippen LogP contribution in [0.1, 0.15) is 42.9 Å². The molecular weight excluding hydrogens is 462 g/mol. The van der Waals surface area contributed by atoms with Crippen molar-refractivity contribution in [2.45, 2.75) is 44.1 Å². The lowest BCUT2D eigenvalue weighted by atomic mass is 9.65. The van der Waals surface area contributed by atoms with Crippen molar-refractivity contribution < 1.29 is 0 Å². The van der Waals surface area contributed by atoms with Gasteiger partial charge in [0.25, 0.3) is 0 Å². The zero-order valence-corrected chi connectivity index (χ0v) is 21.9. The summed E-state index contributed by atoms with van der Waals surface area (Å²) in [5.74, 6) is 1.93. The molecule has 0 saturated carbocycles. The van der Waals surface area contributed by atoms with Gasteiger partial charge < -0.3 is 16.0 Å². The van der Waals surface area contributed by atoms with Crippen LogP contribution >= 0.6 is 0 Å². The van der Waals surface area contributed by atoms with Crippen LogP contribution in [0.3, 0.4) is 0 Å². The molecule has 3 heteroatoms. The third-order valence-electron chi connectivity index (χ3n) is 9.50. The quantitative estimate of drug-likeness (QED) is 0.402. The Morgan fingerprint density at radius 2 is 1.71 bits per heavy atom. The summed E-state index contributed by atoms with van der Waals surface area (Å²) in [5.41, 5.74) is 21.2. The van der Waals surface area contributed by atoms with Crippen LogP contribution in [-0.2, 0) is 6.42 Å². The normalized spacial score (nSPS) is 28.9. The SMILES string of the molecule is NC1=CCCCC1C(N)C1C=CC(C2Cc3c(c4ccccc4n3-c3ccccc3)C3C=CC=CC23)=CC1. The Morgan fingerprint density at radius 3 is 2.53 bits per heavy atom. The zero-order chi connectivity index (χ0) is 25.6. The molecule has 192 valence electrons. The molecule has 0 saturated heterocycles. The molecule has 1 aromatic heterocycles. The van der Waals surface area contributed by atoms with E-state index in [-0.39, 0.29) is 6.04 Å². The van der Waals surface area contributed by atoms with Crippen molar-refractivity contribution in [3.8, 4) is 5.69 Å². The minimum atomic E-state index is 0.0874. The number of nitrogens with two attached hydrogens (primary N) is 2. The molecule has 6 unspecified atom stereocenters. The molecule has 38 heavy (non-hydrogen) atoms. The van der Waals surface area contributed by atoms with Crippen molar-refractivity contribution in [1.29, 1.82) is 0 Å². The van der Waals surface area contributed by atoms with E-state index in [1.807, 2.05) is 0 Å². The van der Waals surface area contributed by atoms with Gasteiger partial charge in [-0.2, -0.15) is 0 Å². The Morgan fingerprint density at radius 1 is 0.895 bits per heavy atom. The van der Waals surface area contributed by atoms with Gasteiger partial charge in [-0.1, -0.05) is 85.0 Å². The maximum atomic E-state index is 6.81. The summed E-state index contributed by atoms with van der Waals surface area (Å²) in [6.45, 7) is 0. The minimum Gasteiger partial charge on any atom is -0.402 e. The molecule has 7 rings (SSSR count). The molecule has 0 radical (unpaired) electrons. The number of hydrogen-bond acceptors (Lipinski definition) is 2. The highest BCUT2D eigenvalue weighted by Crippen LogP contribution is 2.50. The van der Waals surface area contributed by atoms with Gasteiger partial charge in [0.15, 0.2) is 0 Å². The molecule has 4 N–H and O–H groups in total. The van der Waals surface area contributed by atoms with Gasteiger partial charge in [0.2, 0.25) is 0 Å². The summed E-state index contributed by atoms with van der Waals surface area (Å²) in [7, 11) is 0. The van der Waals surface area contributed by atoms with E-state index in [0.717, 1.165) is 31.4 Å². The van der Waals surface area contributed by atoms with E-state index in [4.69, 9.17) is 11.5 Å². The van der Waals surface area contributed by atoms with Crippen LogP contribution in [0.2, 0.25) is 0 Å². The molecular formula is C35H37N3. The number of nitrogens with zero attached hydrogens (tertiary/aromatic N) is 1. The summed E-state index contributed by atoms with van der Waals surface area (Å²) in [6.07, 6.45) is 24.3. The number of fused-ring (bicyclic) bond motifs is 5. The number of aromatic nitrogens is 1. The van der Waals surface area contributed by atoms with Gasteiger partial charge in [-0.3, -0.25) is 0 Å². The summed E-state index contributed by atoms with van der Waals surface area (Å²) in [4.78, 5) is 0. The largest absolute Gasteiger partial charge is 0.402 e. The van der Waals surface area contributed by atoms with Gasteiger partial charge >= 0.3 is 0 Å². The van der Waals surface area contributed by atoms with Crippen LogP contribution in [0.15, 0.2) is 114 Å². The first-order valence-corrected chi connectivity index (χ1v) is 14.3. The van der Waals surface area contributed by atoms with Crippen LogP contribution in [0.5, 0.6) is 0 Å². The predicted octanol–water partition coefficient (Wildman–Crippen LogP) is 7.10. The van der Waals surface area contributed by atoms with Crippen LogP contribution < -0.4 is 11.5 Å². The molecule has 1 heterocycles. The van der Waals surface area contributed by atoms with Crippen LogP contribution in [-0.4, -0.2) is 10.6 Å². The molecule has 6 atom stereocenters. The molecule has 0 amide bonds. The molecule has 3 aromatic rings. The lowest BCUT2D eigenvalue weighted by Gasteiger charge is -2.39. The van der Waals surface area contributed by atoms with Crippen molar-refractivity contribution >= 4 is 10.9 Å². The van der Waals surface area contributed by atoms with Crippen molar-refractivity contribution in [2.75, 3.05) is 0 Å². The van der Waals surface area contributed by atoms with Gasteiger partial charge in [0.05, 0.1) is 5.52 Å². The first-order chi connectivity index (χ1) is 18.7. The zero-order valence-electron chi connectivity index (χ0n) is 21.9. The lowest BCUT2D eigenvalue weighted by molar-refractivity contribution is 0.345. The summed E-state index contributed by atoms with van der Waals surface area (Å²) in [5, 5.41) is 1.39. The highest BCUT2D eigenvalue weighted by atomic mass is 15.0. The fourth-order valence-corrected chi connectivity index (χ4v) is 7.60. The molecule has 4 aliphatic rings. The average Bonchev–Trinajstić information content (AvgIpc) is 3.32. The number of benzene rings is 2. The van der Waals surface area contributed by atoms with Crippen molar-refractivity contribution in [2.24, 2.45) is 35.1 Å². The smallest absolute Gasteiger partial charge is 0.0534 e. The van der Waals surface area contributed by atoms with Crippen molar-refractivity contribution in [1.82, 2.24) is 4.57 Å². The van der Waals surface area contributed by atoms with Gasteiger partial charge in [0, 0.05) is 40.3 Å². The van der Waals surface area contributed by atoms with E-state index in [0.29, 0.717) is 29.6 Å². The Kier molecular flexibility index (Phi) is 5.97. The maximum Gasteiger partial charge on any atom is 0.0534 e. The summed E-state index contributed by atoms with van der Waals surface area (Å²) in [6, 6.07) is 19.9. The highest BCUT2D eigenvalue weighted by molar-refractivity contribution is 5.89. The van der Waals surface area contributed by atoms with Crippen LogP contribution in [0.4, 0.5) is 0 Å². The van der Waals surface area contributed by atoms with Crippen molar-refractivity contribution in [3.63, 3.8) is 0 Å². The molecule has 0 fully saturated rings. The monoisotopic (exact) mass is 499 g/mol. The summed E-state index contributed by atoms with van der Waals surface area (Å²) >= 11 is 0. The second-order valence-electron chi connectivity index (χ2n) is 11.5. The summed E-state index contributed by atoms with van der Waals surface area (Å²) < 4.78 is 2.52. The Balaban J connectivity index is 1.26. The van der Waals surface area contributed by atoms with Crippen molar-refractivity contribution in [3.05, 3.63) is 126 Å². The number of rotatable bonds is 4. The second-order valence-corrected chi connectivity index (χ2v) is 11.5. The van der Waals surface area contributed by atoms with E-state index in [2.05, 4.69) is 108 Å². The molecule has 0 aliphatic heterocycles. The van der Waals surface area contributed by atoms with E-state index >= 15 is 0 Å². The molecule has 4 aliphatic carbocycles. The Hall–Kier alpha value is -3.56. The molecule has 2 aromatic carbocycles. The number of para-hydroxylation sites is 2. The molecule has 0 bridgehead atoms. The standard InChI is InChI=1S/C35H37N3/c36-31-16-8-6-14-28(31)35(37)24-20-18-23(19-21-24)30-22-33-34(27-13-5-4-12-26(27)30)29-15-7-9-17-32(29)38(33)25-10-2-1-3-11-25/h1-5,7,9-13,15-20,24,26-28,30,35H,6,8,14,21-22,36-37H2. The lowest BCUT2D eigenvalue weighted by Crippen LogP contribution is -2.41. The predicted molar refractivity (Wildman–Crippen MR) is 158 cm³/mol. The van der Waals surface area contributed by atoms with E-state index in [1.165, 1.54) is 39.8 Å². The van der Waals surface area contributed by atoms with Gasteiger partial charge in [-0.05, 0) is 79.2 Å². The van der Waals surface area contributed by atoms with Crippen LogP contribution in [0, 0.1) is 23.7 Å². The molecule has 3 nitrogen and oxygen atoms in total. The minimum absolute atomic E-state index is 0.0874. The van der Waals surface area contributed by atoms with Gasteiger partial charge in [-0.15, -0.1) is 0 Å². The van der Waals surface area contributed by atoms with Gasteiger partial charge in [-0.25, -0.2) is 0 Å². The van der Waals surface area contributed by atoms with E-state index in [9.17, 15) is 0 Å². The highest BCUT2D eigenvalue weighted by Gasteiger charge is 2.40. The Labute approximate surface area is 225 Å². The van der Waals surface area contributed by atoms with Crippen LogP contribution in [0.25, 0.3) is 16.6 Å². The fourth-order valence-electron chi connectivity index (χ4n) is 7.60. The maximum absolute atomic E-state index is 6.81. The molecule has 0 spiro atoms. The number of allylic oxidation sites excluding steroid dienone is 8. The van der Waals surface area contributed by atoms with E-state index in [1.54, 1.807) is 0 Å². The Bertz CT molecular complexity index is 1500. The average molecular weight is 500 g/mol. The third-order valence-corrected chi connectivity index (χ3v) is 9.50. The second kappa shape index (κ2) is 9.63. The topological polar surface area (TPSA) is 57.0 Å². The van der Waals surface area contributed by atoms with E-state index < -0.39 is 0 Å².